The summed E-state index contributed by atoms with van der Waals surface area (Å²) in [6.45, 7) is 5.78. The van der Waals surface area contributed by atoms with Crippen molar-refractivity contribution in [1.82, 2.24) is 9.88 Å². The number of hydrogen-bond donors (Lipinski definition) is 4. The predicted molar refractivity (Wildman–Crippen MR) is 116 cm³/mol. The van der Waals surface area contributed by atoms with E-state index in [0.717, 1.165) is 0 Å². The Morgan fingerprint density at radius 3 is 2.34 bits per heavy atom. The highest BCUT2D eigenvalue weighted by molar-refractivity contribution is 6.43. The molecule has 2 rings (SSSR count). The number of ketones is 1. The molecule has 1 aromatic carbocycles. The summed E-state index contributed by atoms with van der Waals surface area (Å²) < 4.78 is 14.9. The number of aromatic nitrogens is 1. The van der Waals surface area contributed by atoms with Gasteiger partial charge in [-0.1, -0.05) is 0 Å². The van der Waals surface area contributed by atoms with E-state index in [1.165, 1.54) is 29.7 Å². The second-order valence-electron chi connectivity index (χ2n) is 7.70. The molecule has 0 aliphatic carbocycles. The largest absolute Gasteiger partial charge is 0.393 e. The predicted octanol–water partition coefficient (Wildman–Crippen LogP) is 1.12. The first-order valence-electron chi connectivity index (χ1n) is 9.90. The fraction of sp³-hybridized carbons (Fsp3) is 0.364. The van der Waals surface area contributed by atoms with Crippen molar-refractivity contribution in [2.75, 3.05) is 11.9 Å². The molecule has 0 saturated carbocycles. The van der Waals surface area contributed by atoms with Crippen LogP contribution in [-0.2, 0) is 16.6 Å². The minimum atomic E-state index is -1.10. The van der Waals surface area contributed by atoms with Crippen LogP contribution in [0.1, 0.15) is 44.6 Å². The highest BCUT2D eigenvalue weighted by Gasteiger charge is 2.30. The maximum absolute atomic E-state index is 13.5. The molecule has 172 valence electrons. The van der Waals surface area contributed by atoms with Crippen LogP contribution >= 0.6 is 0 Å². The van der Waals surface area contributed by atoms with Gasteiger partial charge in [-0.25, -0.2) is 4.39 Å². The quantitative estimate of drug-likeness (QED) is 0.355. The monoisotopic (exact) mass is 446 g/mol. The van der Waals surface area contributed by atoms with Crippen molar-refractivity contribution < 1.29 is 28.7 Å². The summed E-state index contributed by atoms with van der Waals surface area (Å²) in [6.07, 6.45) is -1.10. The maximum atomic E-state index is 13.5. The zero-order valence-corrected chi connectivity index (χ0v) is 18.6. The molecule has 0 bridgehead atoms. The number of aliphatic hydroxyl groups is 1. The van der Waals surface area contributed by atoms with Crippen LogP contribution in [0.15, 0.2) is 18.2 Å². The van der Waals surface area contributed by atoms with E-state index in [9.17, 15) is 28.7 Å². The van der Waals surface area contributed by atoms with Gasteiger partial charge in [0.1, 0.15) is 5.82 Å². The van der Waals surface area contributed by atoms with E-state index in [2.05, 4.69) is 10.6 Å². The second kappa shape index (κ2) is 9.73. The molecule has 0 aliphatic rings. The lowest BCUT2D eigenvalue weighted by Crippen LogP contribution is -2.43. The number of aryl methyl sites for hydroxylation is 1. The van der Waals surface area contributed by atoms with Crippen molar-refractivity contribution in [1.29, 1.82) is 0 Å². The summed E-state index contributed by atoms with van der Waals surface area (Å²) >= 11 is 0. The molecule has 0 radical (unpaired) electrons. The molecule has 1 aromatic heterocycles. The van der Waals surface area contributed by atoms with E-state index >= 15 is 0 Å². The first kappa shape index (κ1) is 24.7. The minimum absolute atomic E-state index is 0.00751. The minimum Gasteiger partial charge on any atom is -0.393 e. The molecule has 32 heavy (non-hydrogen) atoms. The number of benzene rings is 1. The van der Waals surface area contributed by atoms with Crippen LogP contribution in [0, 0.1) is 32.5 Å². The zero-order chi connectivity index (χ0) is 24.3. The Morgan fingerprint density at radius 2 is 1.81 bits per heavy atom. The number of nitrogens with one attached hydrogen (secondary N) is 2. The van der Waals surface area contributed by atoms with Gasteiger partial charge in [0.2, 0.25) is 5.91 Å². The summed E-state index contributed by atoms with van der Waals surface area (Å²) in [4.78, 5) is 49.4. The zero-order valence-electron chi connectivity index (χ0n) is 18.6. The average molecular weight is 446 g/mol. The average Bonchev–Trinajstić information content (AvgIpc) is 2.92. The van der Waals surface area contributed by atoms with Gasteiger partial charge in [-0.05, 0) is 57.0 Å². The van der Waals surface area contributed by atoms with Gasteiger partial charge in [0.25, 0.3) is 17.6 Å². The number of nitrogens with two attached hydrogens (primary N) is 1. The Hall–Kier alpha value is -3.53. The molecule has 0 aliphatic heterocycles. The van der Waals surface area contributed by atoms with E-state index in [1.807, 2.05) is 0 Å². The van der Waals surface area contributed by atoms with Crippen molar-refractivity contribution >= 4 is 29.2 Å². The summed E-state index contributed by atoms with van der Waals surface area (Å²) in [5, 5.41) is 14.6. The Bertz CT molecular complexity index is 1090. The lowest BCUT2D eigenvalue weighted by molar-refractivity contribution is -0.125. The fourth-order valence-corrected chi connectivity index (χ4v) is 3.45. The molecule has 1 heterocycles. The molecular formula is C22H27FN4O5. The maximum Gasteiger partial charge on any atom is 0.294 e. The number of Topliss-reactive ketones (excluding diaryl/α,β-unsaturated/α-hetero) is 1. The molecule has 0 saturated heterocycles. The number of hydrogen-bond acceptors (Lipinski definition) is 5. The van der Waals surface area contributed by atoms with Crippen LogP contribution in [0.2, 0.25) is 0 Å². The molecule has 5 N–H and O–H groups in total. The van der Waals surface area contributed by atoms with Gasteiger partial charge in [0.15, 0.2) is 0 Å². The molecule has 0 fully saturated rings. The molecule has 2 aromatic rings. The Labute approximate surface area is 184 Å². The first-order chi connectivity index (χ1) is 14.9. The number of carbonyl (C=O) groups is 4. The number of primary amides is 1. The smallest absolute Gasteiger partial charge is 0.294 e. The van der Waals surface area contributed by atoms with E-state index in [-0.39, 0.29) is 17.8 Å². The van der Waals surface area contributed by atoms with Crippen molar-refractivity contribution in [3.63, 3.8) is 0 Å². The van der Waals surface area contributed by atoms with E-state index in [1.54, 1.807) is 27.8 Å². The van der Waals surface area contributed by atoms with Crippen LogP contribution in [0.5, 0.6) is 0 Å². The van der Waals surface area contributed by atoms with Gasteiger partial charge < -0.3 is 26.0 Å². The van der Waals surface area contributed by atoms with Crippen LogP contribution in [0.4, 0.5) is 10.1 Å². The lowest BCUT2D eigenvalue weighted by atomic mass is 10.0. The number of aliphatic hydroxyl groups excluding tert-OH is 1. The molecule has 1 unspecified atom stereocenters. The number of anilines is 1. The Kier molecular flexibility index (Phi) is 7.52. The topological polar surface area (TPSA) is 144 Å². The van der Waals surface area contributed by atoms with Gasteiger partial charge in [-0.3, -0.25) is 19.2 Å². The van der Waals surface area contributed by atoms with Gasteiger partial charge in [-0.2, -0.15) is 0 Å². The Balaban J connectivity index is 2.27. The second-order valence-corrected chi connectivity index (χ2v) is 7.70. The Morgan fingerprint density at radius 1 is 1.19 bits per heavy atom. The van der Waals surface area contributed by atoms with E-state index in [4.69, 9.17) is 5.73 Å². The third-order valence-corrected chi connectivity index (χ3v) is 5.43. The highest BCUT2D eigenvalue weighted by Crippen LogP contribution is 2.24. The SMILES string of the molecule is Cc1cc(NC(=O)c2c(C)c(C(=O)C(=O)NCC(C(N)=O)[C@H](C)O)n(C)c2C)ccc1F. The number of nitrogens with zero attached hydrogens (tertiary/aromatic N) is 1. The van der Waals surface area contributed by atoms with Crippen molar-refractivity contribution in [2.24, 2.45) is 18.7 Å². The molecule has 3 amide bonds. The van der Waals surface area contributed by atoms with Crippen LogP contribution in [0.3, 0.4) is 0 Å². The fourth-order valence-electron chi connectivity index (χ4n) is 3.45. The standard InChI is InChI=1S/C22H27FN4O5/c1-10-8-14(6-7-16(10)23)26-21(31)17-11(2)18(27(5)12(17)3)19(29)22(32)25-9-15(13(4)28)20(24)30/h6-8,13,15,28H,9H2,1-5H3,(H2,24,30)(H,25,32)(H,26,31)/t13-,15?/m0/s1. The number of halogens is 1. The summed E-state index contributed by atoms with van der Waals surface area (Å²) in [6, 6.07) is 4.14. The van der Waals surface area contributed by atoms with E-state index < -0.39 is 41.3 Å². The molecule has 2 atom stereocenters. The molecule has 0 spiro atoms. The molecule has 10 heteroatoms. The number of carbonyl (C=O) groups excluding carboxylic acids is 4. The van der Waals surface area contributed by atoms with E-state index in [0.29, 0.717) is 22.5 Å². The number of rotatable bonds is 8. The third kappa shape index (κ3) is 5.02. The first-order valence-corrected chi connectivity index (χ1v) is 9.90. The molecule has 9 nitrogen and oxygen atoms in total. The van der Waals surface area contributed by atoms with Gasteiger partial charge in [-0.15, -0.1) is 0 Å². The third-order valence-electron chi connectivity index (χ3n) is 5.43. The summed E-state index contributed by atoms with van der Waals surface area (Å²) in [7, 11) is 1.55. The van der Waals surface area contributed by atoms with Crippen molar-refractivity contribution in [2.45, 2.75) is 33.8 Å². The van der Waals surface area contributed by atoms with Crippen LogP contribution < -0.4 is 16.4 Å². The molecular weight excluding hydrogens is 419 g/mol. The lowest BCUT2D eigenvalue weighted by Gasteiger charge is -2.16. The van der Waals surface area contributed by atoms with Crippen LogP contribution in [0.25, 0.3) is 0 Å². The van der Waals surface area contributed by atoms with Crippen molar-refractivity contribution in [3.05, 3.63) is 52.1 Å². The summed E-state index contributed by atoms with van der Waals surface area (Å²) in [5.41, 5.74) is 6.91. The van der Waals surface area contributed by atoms with Crippen molar-refractivity contribution in [3.8, 4) is 0 Å². The summed E-state index contributed by atoms with van der Waals surface area (Å²) in [5.74, 6) is -4.68. The van der Waals surface area contributed by atoms with Gasteiger partial charge in [0.05, 0.1) is 23.3 Å². The van der Waals surface area contributed by atoms with Crippen LogP contribution in [-0.4, -0.2) is 45.8 Å². The number of amides is 3. The van der Waals surface area contributed by atoms with Gasteiger partial charge in [0, 0.05) is 25.0 Å². The van der Waals surface area contributed by atoms with Gasteiger partial charge >= 0.3 is 0 Å². The highest BCUT2D eigenvalue weighted by atomic mass is 19.1. The normalized spacial score (nSPS) is 12.7.